The van der Waals surface area contributed by atoms with E-state index < -0.39 is 12.6 Å². The van der Waals surface area contributed by atoms with E-state index in [0.717, 1.165) is 22.6 Å². The number of guanidine groups is 1. The first-order valence-corrected chi connectivity index (χ1v) is 8.50. The van der Waals surface area contributed by atoms with Gasteiger partial charge < -0.3 is 10.6 Å². The zero-order chi connectivity index (χ0) is 19.2. The van der Waals surface area contributed by atoms with E-state index in [-0.39, 0.29) is 30.5 Å². The second-order valence-electron chi connectivity index (χ2n) is 5.95. The number of hydrogen-bond donors (Lipinski definition) is 2. The largest absolute Gasteiger partial charge is 0.390 e. The van der Waals surface area contributed by atoms with Crippen molar-refractivity contribution in [3.05, 3.63) is 47.3 Å². The summed E-state index contributed by atoms with van der Waals surface area (Å²) in [6.07, 6.45) is -5.09. The molecule has 150 valence electrons. The standard InChI is InChI=1S/C18H24F3N5.HI/c1-4-22-17(23-10-9-18(19,20)21)24-12-15-7-5-6-8-16(15)26-14(3)11-13(2)25-26;/h5-8,11H,4,9-10,12H2,1-3H3,(H2,22,23,24);1H. The predicted molar refractivity (Wildman–Crippen MR) is 112 cm³/mol. The second kappa shape index (κ2) is 10.5. The number of aromatic nitrogens is 2. The summed E-state index contributed by atoms with van der Waals surface area (Å²) >= 11 is 0. The molecule has 0 aliphatic carbocycles. The lowest BCUT2D eigenvalue weighted by atomic mass is 10.2. The van der Waals surface area contributed by atoms with Gasteiger partial charge in [0, 0.05) is 18.8 Å². The third kappa shape index (κ3) is 7.39. The number of aryl methyl sites for hydroxylation is 2. The molecule has 0 amide bonds. The molecule has 0 aliphatic rings. The molecule has 2 aromatic rings. The summed E-state index contributed by atoms with van der Waals surface area (Å²) in [6.45, 7) is 6.45. The number of nitrogens with one attached hydrogen (secondary N) is 2. The second-order valence-corrected chi connectivity index (χ2v) is 5.95. The van der Waals surface area contributed by atoms with Crippen LogP contribution < -0.4 is 10.6 Å². The van der Waals surface area contributed by atoms with Gasteiger partial charge in [-0.25, -0.2) is 9.67 Å². The molecule has 2 rings (SSSR count). The number of aliphatic imine (C=N–C) groups is 1. The maximum atomic E-state index is 12.3. The molecular formula is C18H25F3IN5. The van der Waals surface area contributed by atoms with E-state index in [1.54, 1.807) is 0 Å². The fraction of sp³-hybridized carbons (Fsp3) is 0.444. The Hall–Kier alpha value is -1.78. The zero-order valence-electron chi connectivity index (χ0n) is 15.6. The van der Waals surface area contributed by atoms with Crippen LogP contribution in [0, 0.1) is 13.8 Å². The minimum Gasteiger partial charge on any atom is -0.357 e. The summed E-state index contributed by atoms with van der Waals surface area (Å²) < 4.78 is 38.8. The molecule has 1 aromatic heterocycles. The molecule has 0 aliphatic heterocycles. The summed E-state index contributed by atoms with van der Waals surface area (Å²) in [5.74, 6) is 0.361. The molecule has 0 bridgehead atoms. The van der Waals surface area contributed by atoms with Crippen LogP contribution in [0.25, 0.3) is 5.69 Å². The molecule has 9 heteroatoms. The quantitative estimate of drug-likeness (QED) is 0.361. The highest BCUT2D eigenvalue weighted by atomic mass is 127. The van der Waals surface area contributed by atoms with Gasteiger partial charge in [-0.3, -0.25) is 0 Å². The average Bonchev–Trinajstić information content (AvgIpc) is 2.90. The maximum Gasteiger partial charge on any atom is 0.390 e. The SMILES string of the molecule is CCNC(=NCc1ccccc1-n1nc(C)cc1C)NCCC(F)(F)F.I. The molecule has 0 atom stereocenters. The molecule has 0 saturated carbocycles. The van der Waals surface area contributed by atoms with Crippen molar-refractivity contribution in [2.45, 2.75) is 39.9 Å². The van der Waals surface area contributed by atoms with Crippen LogP contribution in [0.4, 0.5) is 13.2 Å². The normalized spacial score (nSPS) is 11.9. The average molecular weight is 495 g/mol. The molecule has 0 radical (unpaired) electrons. The Labute approximate surface area is 174 Å². The number of hydrogen-bond acceptors (Lipinski definition) is 2. The Kier molecular flexibility index (Phi) is 9.07. The lowest BCUT2D eigenvalue weighted by Crippen LogP contribution is -2.38. The first-order valence-electron chi connectivity index (χ1n) is 8.50. The van der Waals surface area contributed by atoms with Crippen LogP contribution in [-0.4, -0.2) is 35.0 Å². The number of rotatable bonds is 6. The van der Waals surface area contributed by atoms with Crippen molar-refractivity contribution in [1.29, 1.82) is 0 Å². The van der Waals surface area contributed by atoms with E-state index in [0.29, 0.717) is 19.0 Å². The lowest BCUT2D eigenvalue weighted by molar-refractivity contribution is -0.132. The Balaban J connectivity index is 0.00000364. The summed E-state index contributed by atoms with van der Waals surface area (Å²) in [6, 6.07) is 9.71. The van der Waals surface area contributed by atoms with Gasteiger partial charge in [0.15, 0.2) is 5.96 Å². The van der Waals surface area contributed by atoms with E-state index in [1.165, 1.54) is 0 Å². The van der Waals surface area contributed by atoms with E-state index in [9.17, 15) is 13.2 Å². The van der Waals surface area contributed by atoms with E-state index >= 15 is 0 Å². The maximum absolute atomic E-state index is 12.3. The Morgan fingerprint density at radius 1 is 1.19 bits per heavy atom. The summed E-state index contributed by atoms with van der Waals surface area (Å²) in [5, 5.41) is 10.2. The van der Waals surface area contributed by atoms with Crippen molar-refractivity contribution < 1.29 is 13.2 Å². The Morgan fingerprint density at radius 2 is 1.89 bits per heavy atom. The van der Waals surface area contributed by atoms with Crippen molar-refractivity contribution in [1.82, 2.24) is 20.4 Å². The Morgan fingerprint density at radius 3 is 2.48 bits per heavy atom. The van der Waals surface area contributed by atoms with Gasteiger partial charge in [0.1, 0.15) is 0 Å². The number of halogens is 4. The van der Waals surface area contributed by atoms with Crippen LogP contribution in [0.1, 0.15) is 30.3 Å². The molecule has 2 N–H and O–H groups in total. The van der Waals surface area contributed by atoms with E-state index in [2.05, 4.69) is 20.7 Å². The van der Waals surface area contributed by atoms with Crippen molar-refractivity contribution in [2.24, 2.45) is 4.99 Å². The number of benzene rings is 1. The highest BCUT2D eigenvalue weighted by Gasteiger charge is 2.26. The first kappa shape index (κ1) is 23.3. The smallest absolute Gasteiger partial charge is 0.357 e. The van der Waals surface area contributed by atoms with Gasteiger partial charge in [0.25, 0.3) is 0 Å². The van der Waals surface area contributed by atoms with E-state index in [4.69, 9.17) is 0 Å². The lowest BCUT2D eigenvalue weighted by Gasteiger charge is -2.14. The molecule has 1 aromatic carbocycles. The van der Waals surface area contributed by atoms with Gasteiger partial charge in [-0.2, -0.15) is 18.3 Å². The van der Waals surface area contributed by atoms with Crippen molar-refractivity contribution in [3.63, 3.8) is 0 Å². The van der Waals surface area contributed by atoms with Gasteiger partial charge in [-0.1, -0.05) is 18.2 Å². The number of para-hydroxylation sites is 1. The van der Waals surface area contributed by atoms with Gasteiger partial charge in [0.05, 0.1) is 24.3 Å². The van der Waals surface area contributed by atoms with Crippen LogP contribution in [0.3, 0.4) is 0 Å². The van der Waals surface area contributed by atoms with E-state index in [1.807, 2.05) is 55.8 Å². The van der Waals surface area contributed by atoms with Crippen molar-refractivity contribution in [2.75, 3.05) is 13.1 Å². The predicted octanol–water partition coefficient (Wildman–Crippen LogP) is 4.11. The van der Waals surface area contributed by atoms with Crippen molar-refractivity contribution in [3.8, 4) is 5.69 Å². The van der Waals surface area contributed by atoms with Gasteiger partial charge in [0.2, 0.25) is 0 Å². The van der Waals surface area contributed by atoms with Crippen LogP contribution >= 0.6 is 24.0 Å². The number of nitrogens with zero attached hydrogens (tertiary/aromatic N) is 3. The van der Waals surface area contributed by atoms with Crippen LogP contribution in [-0.2, 0) is 6.54 Å². The first-order chi connectivity index (χ1) is 12.3. The zero-order valence-corrected chi connectivity index (χ0v) is 17.9. The molecular weight excluding hydrogens is 470 g/mol. The van der Waals surface area contributed by atoms with Gasteiger partial charge >= 0.3 is 6.18 Å². The van der Waals surface area contributed by atoms with Crippen LogP contribution in [0.2, 0.25) is 0 Å². The molecule has 27 heavy (non-hydrogen) atoms. The highest BCUT2D eigenvalue weighted by Crippen LogP contribution is 2.19. The topological polar surface area (TPSA) is 54.2 Å². The minimum absolute atomic E-state index is 0. The third-order valence-corrected chi connectivity index (χ3v) is 3.68. The third-order valence-electron chi connectivity index (χ3n) is 3.68. The molecule has 1 heterocycles. The summed E-state index contributed by atoms with van der Waals surface area (Å²) in [5.41, 5.74) is 3.77. The molecule has 0 unspecified atom stereocenters. The summed E-state index contributed by atoms with van der Waals surface area (Å²) in [7, 11) is 0. The monoisotopic (exact) mass is 495 g/mol. The van der Waals surface area contributed by atoms with Crippen LogP contribution in [0.15, 0.2) is 35.3 Å². The van der Waals surface area contributed by atoms with Crippen molar-refractivity contribution >= 4 is 29.9 Å². The molecule has 0 saturated heterocycles. The minimum atomic E-state index is -4.19. The number of alkyl halides is 3. The Bertz CT molecular complexity index is 756. The summed E-state index contributed by atoms with van der Waals surface area (Å²) in [4.78, 5) is 4.41. The molecule has 0 fully saturated rings. The highest BCUT2D eigenvalue weighted by molar-refractivity contribution is 14.0. The molecule has 0 spiro atoms. The molecule has 5 nitrogen and oxygen atoms in total. The fourth-order valence-electron chi connectivity index (χ4n) is 2.55. The van der Waals surface area contributed by atoms with Gasteiger partial charge in [-0.05, 0) is 38.5 Å². The van der Waals surface area contributed by atoms with Crippen LogP contribution in [0.5, 0.6) is 0 Å². The van der Waals surface area contributed by atoms with Gasteiger partial charge in [-0.15, -0.1) is 24.0 Å². The fourth-order valence-corrected chi connectivity index (χ4v) is 2.55.